The monoisotopic (exact) mass is 276 g/mol. The lowest BCUT2D eigenvalue weighted by atomic mass is 10.1. The van der Waals surface area contributed by atoms with Crippen LogP contribution in [0.4, 0.5) is 11.4 Å². The normalized spacial score (nSPS) is 11.8. The van der Waals surface area contributed by atoms with Crippen LogP contribution in [0.5, 0.6) is 5.75 Å². The van der Waals surface area contributed by atoms with Crippen LogP contribution in [0.3, 0.4) is 0 Å². The Morgan fingerprint density at radius 1 is 1.50 bits per heavy atom. The van der Waals surface area contributed by atoms with Gasteiger partial charge >= 0.3 is 5.69 Å². The van der Waals surface area contributed by atoms with E-state index in [0.717, 1.165) is 12.1 Å². The van der Waals surface area contributed by atoms with Gasteiger partial charge in [-0.2, -0.15) is 0 Å². The number of hydrogen-bond acceptors (Lipinski definition) is 4. The molecule has 0 aliphatic heterocycles. The summed E-state index contributed by atoms with van der Waals surface area (Å²) in [6.07, 6.45) is 6.67. The second-order valence-electron chi connectivity index (χ2n) is 4.76. The van der Waals surface area contributed by atoms with Gasteiger partial charge in [0.15, 0.2) is 5.75 Å². The first-order valence-electron chi connectivity index (χ1n) is 6.63. The number of anilines is 1. The minimum atomic E-state index is -0.444. The van der Waals surface area contributed by atoms with Gasteiger partial charge in [0.25, 0.3) is 0 Å². The van der Waals surface area contributed by atoms with Gasteiger partial charge in [0, 0.05) is 30.3 Å². The van der Waals surface area contributed by atoms with E-state index < -0.39 is 4.92 Å². The molecule has 0 bridgehead atoms. The molecule has 0 spiro atoms. The summed E-state index contributed by atoms with van der Waals surface area (Å²) in [4.78, 5) is 10.5. The number of ether oxygens (including phenoxy) is 1. The molecule has 0 radical (unpaired) electrons. The van der Waals surface area contributed by atoms with E-state index in [1.807, 2.05) is 20.8 Å². The Balaban J connectivity index is 2.99. The summed E-state index contributed by atoms with van der Waals surface area (Å²) in [5.74, 6) is 2.88. The molecule has 1 unspecified atom stereocenters. The van der Waals surface area contributed by atoms with Gasteiger partial charge in [-0.3, -0.25) is 10.1 Å². The number of nitro benzene ring substituents is 1. The van der Waals surface area contributed by atoms with Crippen molar-refractivity contribution in [2.24, 2.45) is 0 Å². The van der Waals surface area contributed by atoms with E-state index >= 15 is 0 Å². The van der Waals surface area contributed by atoms with Crippen molar-refractivity contribution in [3.63, 3.8) is 0 Å². The molecular weight excluding hydrogens is 256 g/mol. The van der Waals surface area contributed by atoms with Gasteiger partial charge in [-0.1, -0.05) is 6.92 Å². The molecule has 5 nitrogen and oxygen atoms in total. The summed E-state index contributed by atoms with van der Waals surface area (Å²) in [7, 11) is 0. The molecule has 5 heteroatoms. The molecule has 1 rings (SSSR count). The Bertz CT molecular complexity index is 506. The zero-order chi connectivity index (χ0) is 15.1. The molecule has 1 aromatic carbocycles. The van der Waals surface area contributed by atoms with Crippen LogP contribution in [0, 0.1) is 22.5 Å². The van der Waals surface area contributed by atoms with Gasteiger partial charge < -0.3 is 10.1 Å². The summed E-state index contributed by atoms with van der Waals surface area (Å²) >= 11 is 0. The highest BCUT2D eigenvalue weighted by Crippen LogP contribution is 2.31. The van der Waals surface area contributed by atoms with Crippen molar-refractivity contribution in [3.8, 4) is 18.1 Å². The Kier molecular flexibility index (Phi) is 5.85. The Morgan fingerprint density at radius 3 is 2.70 bits per heavy atom. The van der Waals surface area contributed by atoms with Crippen molar-refractivity contribution < 1.29 is 9.66 Å². The zero-order valence-corrected chi connectivity index (χ0v) is 12.1. The number of rotatable bonds is 7. The van der Waals surface area contributed by atoms with Gasteiger partial charge in [-0.25, -0.2) is 0 Å². The van der Waals surface area contributed by atoms with Gasteiger partial charge in [0.2, 0.25) is 0 Å². The molecule has 108 valence electrons. The summed E-state index contributed by atoms with van der Waals surface area (Å²) < 4.78 is 5.50. The molecule has 0 aliphatic rings. The smallest absolute Gasteiger partial charge is 0.311 e. The Hall–Kier alpha value is -2.22. The minimum absolute atomic E-state index is 0.0331. The third-order valence-electron chi connectivity index (χ3n) is 2.75. The lowest BCUT2D eigenvalue weighted by Gasteiger charge is -2.17. The first kappa shape index (κ1) is 15.8. The summed E-state index contributed by atoms with van der Waals surface area (Å²) in [5.41, 5.74) is 0.739. The van der Waals surface area contributed by atoms with E-state index in [0.29, 0.717) is 6.42 Å². The average molecular weight is 276 g/mol. The third kappa shape index (κ3) is 4.47. The fourth-order valence-electron chi connectivity index (χ4n) is 1.78. The van der Waals surface area contributed by atoms with Crippen LogP contribution in [0.2, 0.25) is 0 Å². The average Bonchev–Trinajstić information content (AvgIpc) is 2.37. The number of benzene rings is 1. The van der Waals surface area contributed by atoms with Gasteiger partial charge in [-0.05, 0) is 26.3 Å². The molecule has 1 aromatic rings. The molecule has 0 amide bonds. The SMILES string of the molecule is C#CCC(CC)Nc1ccc([N+](=O)[O-])c(OC(C)C)c1. The van der Waals surface area contributed by atoms with Gasteiger partial charge in [-0.15, -0.1) is 12.3 Å². The molecule has 0 saturated carbocycles. The third-order valence-corrected chi connectivity index (χ3v) is 2.75. The van der Waals surface area contributed by atoms with Crippen molar-refractivity contribution >= 4 is 11.4 Å². The molecule has 0 heterocycles. The molecule has 0 aromatic heterocycles. The molecular formula is C15H20N2O3. The molecule has 0 saturated heterocycles. The first-order chi connectivity index (χ1) is 9.47. The summed E-state index contributed by atoms with van der Waals surface area (Å²) in [6, 6.07) is 4.91. The molecule has 1 N–H and O–H groups in total. The van der Waals surface area contributed by atoms with Crippen LogP contribution < -0.4 is 10.1 Å². The number of terminal acetylenes is 1. The van der Waals surface area contributed by atoms with Gasteiger partial charge in [0.05, 0.1) is 11.0 Å². The second-order valence-corrected chi connectivity index (χ2v) is 4.76. The van der Waals surface area contributed by atoms with Crippen molar-refractivity contribution in [3.05, 3.63) is 28.3 Å². The van der Waals surface area contributed by atoms with E-state index in [9.17, 15) is 10.1 Å². The maximum Gasteiger partial charge on any atom is 0.311 e. The predicted octanol–water partition coefficient (Wildman–Crippen LogP) is 3.60. The van der Waals surface area contributed by atoms with E-state index in [4.69, 9.17) is 11.2 Å². The largest absolute Gasteiger partial charge is 0.484 e. The zero-order valence-electron chi connectivity index (χ0n) is 12.1. The van der Waals surface area contributed by atoms with Crippen molar-refractivity contribution in [1.82, 2.24) is 0 Å². The molecule has 0 aliphatic carbocycles. The Labute approximate surface area is 119 Å². The maximum atomic E-state index is 11.0. The highest BCUT2D eigenvalue weighted by molar-refractivity contribution is 5.58. The van der Waals surface area contributed by atoms with Crippen LogP contribution in [-0.4, -0.2) is 17.1 Å². The highest BCUT2D eigenvalue weighted by Gasteiger charge is 2.17. The highest BCUT2D eigenvalue weighted by atomic mass is 16.6. The van der Waals surface area contributed by atoms with Crippen LogP contribution in [0.15, 0.2) is 18.2 Å². The van der Waals surface area contributed by atoms with Crippen LogP contribution in [0.1, 0.15) is 33.6 Å². The van der Waals surface area contributed by atoms with Crippen molar-refractivity contribution in [2.75, 3.05) is 5.32 Å². The number of nitrogens with one attached hydrogen (secondary N) is 1. The lowest BCUT2D eigenvalue weighted by Crippen LogP contribution is -2.17. The van der Waals surface area contributed by atoms with Crippen molar-refractivity contribution in [2.45, 2.75) is 45.8 Å². The summed E-state index contributed by atoms with van der Waals surface area (Å²) in [6.45, 7) is 5.69. The minimum Gasteiger partial charge on any atom is -0.484 e. The summed E-state index contributed by atoms with van der Waals surface area (Å²) in [5, 5.41) is 14.2. The topological polar surface area (TPSA) is 64.4 Å². The maximum absolute atomic E-state index is 11.0. The van der Waals surface area contributed by atoms with Crippen LogP contribution in [0.25, 0.3) is 0 Å². The number of nitro groups is 1. The van der Waals surface area contributed by atoms with E-state index in [2.05, 4.69) is 11.2 Å². The number of nitrogens with zero attached hydrogens (tertiary/aromatic N) is 1. The fraction of sp³-hybridized carbons (Fsp3) is 0.467. The molecule has 1 atom stereocenters. The van der Waals surface area contributed by atoms with E-state index in [1.54, 1.807) is 12.1 Å². The Morgan fingerprint density at radius 2 is 2.20 bits per heavy atom. The van der Waals surface area contributed by atoms with E-state index in [1.165, 1.54) is 6.07 Å². The predicted molar refractivity (Wildman–Crippen MR) is 80.0 cm³/mol. The quantitative estimate of drug-likeness (QED) is 0.469. The standard InChI is InChI=1S/C15H20N2O3/c1-5-7-12(6-2)16-13-8-9-14(17(18)19)15(10-13)20-11(3)4/h1,8-12,16H,6-7H2,2-4H3. The second kappa shape index (κ2) is 7.39. The van der Waals surface area contributed by atoms with Gasteiger partial charge in [0.1, 0.15) is 0 Å². The lowest BCUT2D eigenvalue weighted by molar-refractivity contribution is -0.386. The van der Waals surface area contributed by atoms with Crippen molar-refractivity contribution in [1.29, 1.82) is 0 Å². The molecule has 20 heavy (non-hydrogen) atoms. The molecule has 0 fully saturated rings. The fourth-order valence-corrected chi connectivity index (χ4v) is 1.78. The van der Waals surface area contributed by atoms with Crippen LogP contribution in [-0.2, 0) is 0 Å². The van der Waals surface area contributed by atoms with Crippen LogP contribution >= 0.6 is 0 Å². The van der Waals surface area contributed by atoms with E-state index in [-0.39, 0.29) is 23.6 Å². The number of hydrogen-bond donors (Lipinski definition) is 1. The first-order valence-corrected chi connectivity index (χ1v) is 6.63.